The van der Waals surface area contributed by atoms with Crippen LogP contribution in [-0.2, 0) is 11.3 Å². The van der Waals surface area contributed by atoms with Gasteiger partial charge in [0.1, 0.15) is 5.82 Å². The molecule has 6 nitrogen and oxygen atoms in total. The smallest absolute Gasteiger partial charge is 0.182 e. The zero-order valence-electron chi connectivity index (χ0n) is 11.9. The van der Waals surface area contributed by atoms with Gasteiger partial charge in [0, 0.05) is 18.1 Å². The van der Waals surface area contributed by atoms with Crippen molar-refractivity contribution in [2.75, 3.05) is 12.3 Å². The van der Waals surface area contributed by atoms with E-state index in [0.717, 1.165) is 19.4 Å². The number of aromatic nitrogens is 4. The fraction of sp³-hybridized carbons (Fsp3) is 0.500. The summed E-state index contributed by atoms with van der Waals surface area (Å²) in [5.74, 6) is 0.476. The Morgan fingerprint density at radius 2 is 2.33 bits per heavy atom. The first-order valence-electron chi connectivity index (χ1n) is 7.12. The van der Waals surface area contributed by atoms with Gasteiger partial charge in [-0.15, -0.1) is 5.10 Å². The van der Waals surface area contributed by atoms with E-state index < -0.39 is 5.82 Å². The summed E-state index contributed by atoms with van der Waals surface area (Å²) in [6.45, 7) is 3.56. The second kappa shape index (κ2) is 5.77. The first kappa shape index (κ1) is 13.9. The Balaban J connectivity index is 1.85. The fourth-order valence-corrected chi connectivity index (χ4v) is 2.78. The van der Waals surface area contributed by atoms with Crippen LogP contribution in [0.1, 0.15) is 19.8 Å². The molecule has 1 aliphatic heterocycles. The van der Waals surface area contributed by atoms with E-state index in [2.05, 4.69) is 22.4 Å². The summed E-state index contributed by atoms with van der Waals surface area (Å²) in [5, 5.41) is 11.7. The highest BCUT2D eigenvalue weighted by Crippen LogP contribution is 2.27. The van der Waals surface area contributed by atoms with Crippen LogP contribution in [0.5, 0.6) is 0 Å². The normalized spacial score (nSPS) is 21.8. The van der Waals surface area contributed by atoms with Crippen LogP contribution in [0, 0.1) is 11.7 Å². The summed E-state index contributed by atoms with van der Waals surface area (Å²) >= 11 is 0. The van der Waals surface area contributed by atoms with Gasteiger partial charge in [0.2, 0.25) is 0 Å². The van der Waals surface area contributed by atoms with E-state index in [0.29, 0.717) is 23.9 Å². The van der Waals surface area contributed by atoms with Crippen LogP contribution < -0.4 is 5.73 Å². The summed E-state index contributed by atoms with van der Waals surface area (Å²) < 4.78 is 21.0. The summed E-state index contributed by atoms with van der Waals surface area (Å²) in [6, 6.07) is 4.61. The molecule has 0 bridgehead atoms. The first-order valence-corrected chi connectivity index (χ1v) is 7.12. The molecule has 2 N–H and O–H groups in total. The molecule has 3 rings (SSSR count). The molecule has 21 heavy (non-hydrogen) atoms. The van der Waals surface area contributed by atoms with Crippen molar-refractivity contribution < 1.29 is 9.13 Å². The number of nitrogen functional groups attached to an aromatic ring is 1. The van der Waals surface area contributed by atoms with Gasteiger partial charge in [0.05, 0.1) is 18.3 Å². The minimum Gasteiger partial charge on any atom is -0.396 e. The van der Waals surface area contributed by atoms with Crippen molar-refractivity contribution in [1.82, 2.24) is 20.2 Å². The highest BCUT2D eigenvalue weighted by atomic mass is 19.1. The lowest BCUT2D eigenvalue weighted by Gasteiger charge is -2.17. The van der Waals surface area contributed by atoms with Gasteiger partial charge in [-0.25, -0.2) is 9.07 Å². The Labute approximate surface area is 122 Å². The zero-order chi connectivity index (χ0) is 14.8. The van der Waals surface area contributed by atoms with Gasteiger partial charge in [-0.2, -0.15) is 0 Å². The summed E-state index contributed by atoms with van der Waals surface area (Å²) in [5.41, 5.74) is 6.24. The first-order chi connectivity index (χ1) is 10.2. The Kier molecular flexibility index (Phi) is 3.83. The van der Waals surface area contributed by atoms with Crippen molar-refractivity contribution in [2.24, 2.45) is 5.92 Å². The maximum atomic E-state index is 13.6. The lowest BCUT2D eigenvalue weighted by molar-refractivity contribution is 0.0825. The van der Waals surface area contributed by atoms with Crippen molar-refractivity contribution in [3.63, 3.8) is 0 Å². The van der Waals surface area contributed by atoms with Gasteiger partial charge >= 0.3 is 0 Å². The van der Waals surface area contributed by atoms with Crippen molar-refractivity contribution >= 4 is 5.69 Å². The third kappa shape index (κ3) is 2.73. The van der Waals surface area contributed by atoms with Crippen molar-refractivity contribution in [1.29, 1.82) is 0 Å². The van der Waals surface area contributed by atoms with Gasteiger partial charge in [-0.1, -0.05) is 6.92 Å². The van der Waals surface area contributed by atoms with E-state index in [1.807, 2.05) is 0 Å². The monoisotopic (exact) mass is 291 g/mol. The quantitative estimate of drug-likeness (QED) is 0.870. The average Bonchev–Trinajstić information content (AvgIpc) is 3.11. The fourth-order valence-electron chi connectivity index (χ4n) is 2.78. The summed E-state index contributed by atoms with van der Waals surface area (Å²) in [4.78, 5) is 0. The topological polar surface area (TPSA) is 78.8 Å². The van der Waals surface area contributed by atoms with Crippen molar-refractivity contribution in [3.8, 4) is 11.4 Å². The van der Waals surface area contributed by atoms with Gasteiger partial charge in [0.25, 0.3) is 0 Å². The molecular formula is C14H18FN5O. The molecule has 0 spiro atoms. The number of hydrogen-bond donors (Lipinski definition) is 1. The second-order valence-electron chi connectivity index (χ2n) is 5.29. The average molecular weight is 291 g/mol. The minimum atomic E-state index is -0.460. The number of nitrogens with two attached hydrogens (primary N) is 1. The van der Waals surface area contributed by atoms with Gasteiger partial charge < -0.3 is 10.5 Å². The number of hydrogen-bond acceptors (Lipinski definition) is 5. The predicted molar refractivity (Wildman–Crippen MR) is 75.8 cm³/mol. The van der Waals surface area contributed by atoms with Crippen LogP contribution in [0.3, 0.4) is 0 Å². The third-order valence-corrected chi connectivity index (χ3v) is 3.95. The van der Waals surface area contributed by atoms with Crippen molar-refractivity contribution in [2.45, 2.75) is 32.4 Å². The second-order valence-corrected chi connectivity index (χ2v) is 5.29. The molecule has 2 atom stereocenters. The number of nitrogens with zero attached hydrogens (tertiary/aromatic N) is 4. The number of benzene rings is 1. The maximum absolute atomic E-state index is 13.6. The molecule has 1 aliphatic rings. The number of anilines is 1. The molecule has 1 saturated heterocycles. The largest absolute Gasteiger partial charge is 0.396 e. The summed E-state index contributed by atoms with van der Waals surface area (Å²) in [7, 11) is 0. The third-order valence-electron chi connectivity index (χ3n) is 3.95. The Hall–Kier alpha value is -2.02. The molecule has 0 radical (unpaired) electrons. The van der Waals surface area contributed by atoms with Crippen LogP contribution in [0.15, 0.2) is 18.2 Å². The lowest BCUT2D eigenvalue weighted by Crippen LogP contribution is -2.21. The molecule has 1 aromatic carbocycles. The molecule has 7 heteroatoms. The molecule has 2 unspecified atom stereocenters. The SMILES string of the molecule is CCC1OCCC1Cn1nnnc1-c1ccc(N)c(F)c1. The number of rotatable bonds is 4. The molecular weight excluding hydrogens is 273 g/mol. The van der Waals surface area contributed by atoms with Gasteiger partial charge in [-0.05, 0) is 41.5 Å². The van der Waals surface area contributed by atoms with Gasteiger partial charge in [0.15, 0.2) is 5.82 Å². The standard InChI is InChI=1S/C14H18FN5O/c1-2-13-10(5-6-21-13)8-20-14(17-18-19-20)9-3-4-12(16)11(15)7-9/h3-4,7,10,13H,2,5-6,8,16H2,1H3. The van der Waals surface area contributed by atoms with Crippen LogP contribution >= 0.6 is 0 Å². The van der Waals surface area contributed by atoms with E-state index in [1.54, 1.807) is 10.7 Å². The Morgan fingerprint density at radius 3 is 3.10 bits per heavy atom. The van der Waals surface area contributed by atoms with E-state index >= 15 is 0 Å². The van der Waals surface area contributed by atoms with Crippen LogP contribution in [0.25, 0.3) is 11.4 Å². The molecule has 0 amide bonds. The van der Waals surface area contributed by atoms with E-state index in [-0.39, 0.29) is 11.8 Å². The van der Waals surface area contributed by atoms with Crippen LogP contribution in [0.4, 0.5) is 10.1 Å². The summed E-state index contributed by atoms with van der Waals surface area (Å²) in [6.07, 6.45) is 2.21. The minimum absolute atomic E-state index is 0.119. The number of ether oxygens (including phenoxy) is 1. The molecule has 2 heterocycles. The highest BCUT2D eigenvalue weighted by molar-refractivity contribution is 5.59. The Bertz CT molecular complexity index is 630. The molecule has 1 fully saturated rings. The predicted octanol–water partition coefficient (Wildman–Crippen LogP) is 1.88. The number of tetrazole rings is 1. The Morgan fingerprint density at radius 1 is 1.48 bits per heavy atom. The zero-order valence-corrected chi connectivity index (χ0v) is 11.9. The molecule has 2 aromatic rings. The highest BCUT2D eigenvalue weighted by Gasteiger charge is 2.28. The lowest BCUT2D eigenvalue weighted by atomic mass is 9.99. The van der Waals surface area contributed by atoms with E-state index in [4.69, 9.17) is 10.5 Å². The molecule has 1 aromatic heterocycles. The number of halogens is 1. The van der Waals surface area contributed by atoms with E-state index in [9.17, 15) is 4.39 Å². The van der Waals surface area contributed by atoms with Crippen LogP contribution in [0.2, 0.25) is 0 Å². The van der Waals surface area contributed by atoms with E-state index in [1.165, 1.54) is 12.1 Å². The molecule has 0 aliphatic carbocycles. The van der Waals surface area contributed by atoms with Crippen LogP contribution in [-0.4, -0.2) is 32.9 Å². The maximum Gasteiger partial charge on any atom is 0.182 e. The van der Waals surface area contributed by atoms with Crippen molar-refractivity contribution in [3.05, 3.63) is 24.0 Å². The van der Waals surface area contributed by atoms with Gasteiger partial charge in [-0.3, -0.25) is 0 Å². The molecule has 112 valence electrons. The molecule has 0 saturated carbocycles.